The number of amides is 8. The van der Waals surface area contributed by atoms with Gasteiger partial charge in [0, 0.05) is 63.3 Å². The number of hydrogen-bond acceptors (Lipinski definition) is 14. The highest BCUT2D eigenvalue weighted by Gasteiger charge is 2.36. The van der Waals surface area contributed by atoms with Crippen LogP contribution in [0.1, 0.15) is 83.6 Å². The first-order chi connectivity index (χ1) is 30.5. The summed E-state index contributed by atoms with van der Waals surface area (Å²) in [4.78, 5) is 158. The SMILES string of the molecule is CC[C@H](C)[C@@H]1NC(=O)[C@H](Cc2ccc(O)cc2)CC(=O)CNC(=O)CC[C@@H](C(=O)N(C)CC(=O)C[C@@H](CO)C(=O)NCC(N)=O)CC(=O)[C@H](CC(N)=O)NC(=O)[C@H](CCC(N)=O)CC1=O. The summed E-state index contributed by atoms with van der Waals surface area (Å²) in [7, 11) is 1.20. The van der Waals surface area contributed by atoms with Crippen LogP contribution in [0.4, 0.5) is 0 Å². The van der Waals surface area contributed by atoms with E-state index in [0.29, 0.717) is 12.0 Å². The molecule has 22 heteroatoms. The van der Waals surface area contributed by atoms with Crippen LogP contribution < -0.4 is 38.5 Å². The summed E-state index contributed by atoms with van der Waals surface area (Å²) in [5.41, 5.74) is 16.4. The summed E-state index contributed by atoms with van der Waals surface area (Å²) >= 11 is 0. The van der Waals surface area contributed by atoms with Gasteiger partial charge in [0.25, 0.3) is 0 Å². The van der Waals surface area contributed by atoms with Gasteiger partial charge in [0.15, 0.2) is 23.1 Å². The Balaban J connectivity index is 2.58. The van der Waals surface area contributed by atoms with E-state index < -0.39 is 177 Å². The quantitative estimate of drug-likeness (QED) is 0.0727. The average molecular weight is 915 g/mol. The fourth-order valence-electron chi connectivity index (χ4n) is 7.16. The van der Waals surface area contributed by atoms with Gasteiger partial charge in [-0.15, -0.1) is 0 Å². The van der Waals surface area contributed by atoms with Crippen molar-refractivity contribution >= 4 is 70.4 Å². The molecule has 0 bridgehead atoms. The summed E-state index contributed by atoms with van der Waals surface area (Å²) in [6.07, 6.45) is -4.16. The minimum absolute atomic E-state index is 0.0188. The topological polar surface area (TPSA) is 375 Å². The number of phenolic OH excluding ortho intramolecular Hbond substituents is 1. The van der Waals surface area contributed by atoms with Crippen LogP contribution in [0.5, 0.6) is 5.75 Å². The molecule has 0 aromatic heterocycles. The van der Waals surface area contributed by atoms with Crippen LogP contribution in [0, 0.1) is 29.6 Å². The Hall–Kier alpha value is -6.58. The number of likely N-dealkylation sites (N-methyl/N-ethyl adjacent to an activating group) is 1. The summed E-state index contributed by atoms with van der Waals surface area (Å²) in [5, 5.41) is 29.3. The summed E-state index contributed by atoms with van der Waals surface area (Å²) in [6.45, 7) is 0.900. The first kappa shape index (κ1) is 54.6. The van der Waals surface area contributed by atoms with Crippen molar-refractivity contribution in [2.45, 2.75) is 96.6 Å². The van der Waals surface area contributed by atoms with Gasteiger partial charge in [-0.1, -0.05) is 32.4 Å². The standard InChI is InChI=1S/C43H62N8O14/c1-4-23(2)39-34(57)16-25(7-11-35(44)58)41(63)49-32(18-36(45)59)33(56)17-26(43(65)51(3)21-31(55)15-28(22-52)40(62)48-20-37(46)60)8-12-38(61)47-19-30(54)14-27(42(64)50-39)13-24-5-9-29(53)10-6-24/h5-6,9-10,23,25-28,32,39,52-53H,4,7-8,11-22H2,1-3H3,(H2,44,58)(H2,45,59)(H2,46,60)(H,47,61)(H,48,62)(H,49,63)(H,50,64)/t23-,25+,26+,27+,28-,32-,39-/m0/s1. The van der Waals surface area contributed by atoms with Crippen molar-refractivity contribution in [3.63, 3.8) is 0 Å². The Morgan fingerprint density at radius 1 is 0.862 bits per heavy atom. The van der Waals surface area contributed by atoms with E-state index in [2.05, 4.69) is 21.3 Å². The van der Waals surface area contributed by atoms with Crippen LogP contribution in [-0.4, -0.2) is 131 Å². The molecule has 1 aromatic rings. The molecule has 22 nitrogen and oxygen atoms in total. The highest BCUT2D eigenvalue weighted by Crippen LogP contribution is 2.23. The minimum Gasteiger partial charge on any atom is -0.508 e. The number of aliphatic hydroxyl groups is 1. The lowest BCUT2D eigenvalue weighted by molar-refractivity contribution is -0.141. The Morgan fingerprint density at radius 2 is 1.51 bits per heavy atom. The molecular weight excluding hydrogens is 853 g/mol. The zero-order valence-corrected chi connectivity index (χ0v) is 36.9. The second kappa shape index (κ2) is 26.9. The van der Waals surface area contributed by atoms with Gasteiger partial charge in [0.2, 0.25) is 47.3 Å². The maximum absolute atomic E-state index is 14.1. The minimum atomic E-state index is -1.68. The Bertz CT molecular complexity index is 1940. The maximum Gasteiger partial charge on any atom is 0.236 e. The number of phenols is 1. The molecule has 2 rings (SSSR count). The van der Waals surface area contributed by atoms with E-state index in [1.165, 1.54) is 19.2 Å². The van der Waals surface area contributed by atoms with Gasteiger partial charge in [0.1, 0.15) is 5.75 Å². The van der Waals surface area contributed by atoms with Crippen LogP contribution in [0.25, 0.3) is 0 Å². The molecule has 1 saturated heterocycles. The Morgan fingerprint density at radius 3 is 2.09 bits per heavy atom. The molecule has 65 heavy (non-hydrogen) atoms. The molecule has 1 heterocycles. The number of benzene rings is 1. The zero-order chi connectivity index (χ0) is 49.0. The number of carbonyl (C=O) groups excluding carboxylic acids is 12. The molecule has 1 aliphatic rings. The molecule has 0 radical (unpaired) electrons. The van der Waals surface area contributed by atoms with Crippen molar-refractivity contribution in [1.29, 1.82) is 0 Å². The molecule has 0 aliphatic carbocycles. The summed E-state index contributed by atoms with van der Waals surface area (Å²) < 4.78 is 0. The molecule has 1 aromatic carbocycles. The number of aromatic hydroxyl groups is 1. The van der Waals surface area contributed by atoms with Crippen LogP contribution in [0.15, 0.2) is 24.3 Å². The van der Waals surface area contributed by atoms with Crippen molar-refractivity contribution in [2.75, 3.05) is 33.3 Å². The number of hydrogen-bond donors (Lipinski definition) is 9. The van der Waals surface area contributed by atoms with Gasteiger partial charge in [-0.25, -0.2) is 0 Å². The molecular formula is C43H62N8O14. The van der Waals surface area contributed by atoms with E-state index in [0.717, 1.165) is 4.90 Å². The molecule has 0 saturated carbocycles. The predicted octanol–water partition coefficient (Wildman–Crippen LogP) is -2.64. The molecule has 1 fully saturated rings. The van der Waals surface area contributed by atoms with Gasteiger partial charge in [0.05, 0.1) is 50.7 Å². The fourth-order valence-corrected chi connectivity index (χ4v) is 7.16. The number of carbonyl (C=O) groups is 12. The number of primary amides is 3. The van der Waals surface area contributed by atoms with Crippen molar-refractivity contribution in [1.82, 2.24) is 26.2 Å². The van der Waals surface area contributed by atoms with E-state index in [4.69, 9.17) is 17.2 Å². The van der Waals surface area contributed by atoms with Gasteiger partial charge in [-0.2, -0.15) is 0 Å². The number of nitrogens with one attached hydrogen (secondary N) is 4. The highest BCUT2D eigenvalue weighted by molar-refractivity contribution is 5.99. The third-order valence-electron chi connectivity index (χ3n) is 11.1. The maximum atomic E-state index is 14.1. The monoisotopic (exact) mass is 914 g/mol. The van der Waals surface area contributed by atoms with Crippen molar-refractivity contribution in [3.8, 4) is 5.75 Å². The van der Waals surface area contributed by atoms with Crippen molar-refractivity contribution in [3.05, 3.63) is 29.8 Å². The van der Waals surface area contributed by atoms with E-state index in [9.17, 15) is 67.7 Å². The molecule has 358 valence electrons. The van der Waals surface area contributed by atoms with Crippen molar-refractivity contribution < 1.29 is 67.7 Å². The predicted molar refractivity (Wildman–Crippen MR) is 229 cm³/mol. The van der Waals surface area contributed by atoms with Crippen LogP contribution >= 0.6 is 0 Å². The number of Topliss-reactive ketones (excluding diaryl/α,β-unsaturated/α-hetero) is 4. The number of ketones is 4. The molecule has 8 amide bonds. The lowest BCUT2D eigenvalue weighted by atomic mass is 9.86. The lowest BCUT2D eigenvalue weighted by Gasteiger charge is -2.28. The normalized spacial score (nSPS) is 21.7. The van der Waals surface area contributed by atoms with Crippen LogP contribution in [0.3, 0.4) is 0 Å². The molecule has 0 spiro atoms. The molecule has 12 N–H and O–H groups in total. The number of aliphatic hydroxyl groups excluding tert-OH is 1. The van der Waals surface area contributed by atoms with Crippen molar-refractivity contribution in [2.24, 2.45) is 46.8 Å². The van der Waals surface area contributed by atoms with Gasteiger partial charge in [-0.05, 0) is 42.9 Å². The number of nitrogens with two attached hydrogens (primary N) is 3. The third kappa shape index (κ3) is 19.4. The van der Waals surface area contributed by atoms with Gasteiger partial charge in [-0.3, -0.25) is 57.5 Å². The van der Waals surface area contributed by atoms with Gasteiger partial charge < -0.3 is 53.6 Å². The highest BCUT2D eigenvalue weighted by atomic mass is 16.3. The lowest BCUT2D eigenvalue weighted by Crippen LogP contribution is -2.50. The van der Waals surface area contributed by atoms with E-state index in [1.807, 2.05) is 0 Å². The second-order valence-corrected chi connectivity index (χ2v) is 16.5. The Labute approximate surface area is 375 Å². The average Bonchev–Trinajstić information content (AvgIpc) is 3.24. The van der Waals surface area contributed by atoms with E-state index >= 15 is 0 Å². The fraction of sp³-hybridized carbons (Fsp3) is 0.581. The number of rotatable bonds is 18. The smallest absolute Gasteiger partial charge is 0.236 e. The largest absolute Gasteiger partial charge is 0.508 e. The number of nitrogens with zero attached hydrogens (tertiary/aromatic N) is 1. The molecule has 0 unspecified atom stereocenters. The van der Waals surface area contributed by atoms with E-state index in [-0.39, 0.29) is 31.4 Å². The van der Waals surface area contributed by atoms with Crippen LogP contribution in [0.2, 0.25) is 0 Å². The second-order valence-electron chi connectivity index (χ2n) is 16.5. The zero-order valence-electron chi connectivity index (χ0n) is 36.9. The summed E-state index contributed by atoms with van der Waals surface area (Å²) in [6, 6.07) is 2.99. The molecule has 1 aliphatic heterocycles. The van der Waals surface area contributed by atoms with Crippen LogP contribution in [-0.2, 0) is 64.0 Å². The Kier molecular flexibility index (Phi) is 22.6. The van der Waals surface area contributed by atoms with E-state index in [1.54, 1.807) is 26.0 Å². The van der Waals surface area contributed by atoms with Gasteiger partial charge >= 0.3 is 0 Å². The summed E-state index contributed by atoms with van der Waals surface area (Å²) in [5.74, 6) is -15.3. The molecule has 7 atom stereocenters. The third-order valence-corrected chi connectivity index (χ3v) is 11.1. The first-order valence-electron chi connectivity index (χ1n) is 21.3. The first-order valence-corrected chi connectivity index (χ1v) is 21.3.